The maximum atomic E-state index is 11.5. The van der Waals surface area contributed by atoms with Crippen molar-refractivity contribution in [3.63, 3.8) is 0 Å². The number of aliphatic hydroxyl groups is 1. The largest absolute Gasteiger partial charge is 0.473 e. The zero-order chi connectivity index (χ0) is 15.9. The summed E-state index contributed by atoms with van der Waals surface area (Å²) < 4.78 is 0. The molecule has 0 saturated heterocycles. The second kappa shape index (κ2) is 7.81. The summed E-state index contributed by atoms with van der Waals surface area (Å²) >= 11 is 0. The molecule has 1 aliphatic rings. The van der Waals surface area contributed by atoms with Crippen LogP contribution in [0, 0.1) is 0 Å². The number of amides is 1. The Kier molecular flexibility index (Phi) is 7.16. The van der Waals surface area contributed by atoms with E-state index in [-0.39, 0.29) is 18.1 Å². The molecule has 1 fully saturated rings. The lowest BCUT2D eigenvalue weighted by Crippen LogP contribution is -2.52. The summed E-state index contributed by atoms with van der Waals surface area (Å²) in [5.74, 6) is -3.76. The van der Waals surface area contributed by atoms with Gasteiger partial charge in [0.15, 0.2) is 0 Å². The lowest BCUT2D eigenvalue weighted by atomic mass is 9.92. The molecule has 0 aliphatic heterocycles. The summed E-state index contributed by atoms with van der Waals surface area (Å²) in [6.45, 7) is 3.39. The number of carboxylic acid groups (broad SMARTS) is 2. The lowest BCUT2D eigenvalue weighted by molar-refractivity contribution is -0.159. The van der Waals surface area contributed by atoms with Crippen molar-refractivity contribution in [3.8, 4) is 0 Å². The molecule has 1 saturated carbocycles. The average molecular weight is 290 g/mol. The highest BCUT2D eigenvalue weighted by Gasteiger charge is 2.26. The van der Waals surface area contributed by atoms with Crippen molar-refractivity contribution >= 4 is 17.8 Å². The summed E-state index contributed by atoms with van der Waals surface area (Å²) in [5.41, 5.74) is 4.85. The van der Waals surface area contributed by atoms with Gasteiger partial charge in [-0.1, -0.05) is 0 Å². The van der Waals surface area contributed by atoms with Crippen LogP contribution in [-0.2, 0) is 14.4 Å². The van der Waals surface area contributed by atoms with E-state index >= 15 is 0 Å². The van der Waals surface area contributed by atoms with E-state index < -0.39 is 17.5 Å². The Morgan fingerprint density at radius 1 is 1.05 bits per heavy atom. The van der Waals surface area contributed by atoms with Crippen molar-refractivity contribution in [2.24, 2.45) is 5.73 Å². The highest BCUT2D eigenvalue weighted by molar-refractivity contribution is 6.27. The topological polar surface area (TPSA) is 150 Å². The van der Waals surface area contributed by atoms with E-state index in [0.717, 1.165) is 25.7 Å². The fourth-order valence-electron chi connectivity index (χ4n) is 1.59. The number of hydrogen-bond acceptors (Lipinski definition) is 5. The van der Waals surface area contributed by atoms with Gasteiger partial charge in [-0.05, 0) is 39.5 Å². The SMILES string of the molecule is CC(C)(N)C(=O)NC1CCC(O)CC1.O=C(O)C(=O)O. The number of rotatable bonds is 2. The monoisotopic (exact) mass is 290 g/mol. The third kappa shape index (κ3) is 7.70. The van der Waals surface area contributed by atoms with Crippen LogP contribution in [0.5, 0.6) is 0 Å². The van der Waals surface area contributed by atoms with Gasteiger partial charge in [-0.25, -0.2) is 9.59 Å². The van der Waals surface area contributed by atoms with Crippen LogP contribution in [0.3, 0.4) is 0 Å². The molecule has 20 heavy (non-hydrogen) atoms. The molecule has 0 aromatic carbocycles. The van der Waals surface area contributed by atoms with Crippen LogP contribution >= 0.6 is 0 Å². The van der Waals surface area contributed by atoms with Crippen LogP contribution in [0.1, 0.15) is 39.5 Å². The van der Waals surface area contributed by atoms with E-state index in [4.69, 9.17) is 25.5 Å². The third-order valence-corrected chi connectivity index (χ3v) is 2.80. The van der Waals surface area contributed by atoms with Crippen LogP contribution in [0.25, 0.3) is 0 Å². The maximum Gasteiger partial charge on any atom is 0.414 e. The van der Waals surface area contributed by atoms with Crippen molar-refractivity contribution in [1.82, 2.24) is 5.32 Å². The van der Waals surface area contributed by atoms with E-state index in [1.165, 1.54) is 0 Å². The van der Waals surface area contributed by atoms with Crippen LogP contribution in [0.2, 0.25) is 0 Å². The van der Waals surface area contributed by atoms with E-state index in [1.54, 1.807) is 13.8 Å². The molecule has 6 N–H and O–H groups in total. The molecule has 0 bridgehead atoms. The molecule has 0 aromatic heterocycles. The predicted molar refractivity (Wildman–Crippen MR) is 69.9 cm³/mol. The number of nitrogens with one attached hydrogen (secondary N) is 1. The standard InChI is InChI=1S/C10H20N2O2.C2H2O4/c1-10(2,11)9(14)12-7-3-5-8(13)6-4-7;3-1(4)2(5)6/h7-8,13H,3-6,11H2,1-2H3,(H,12,14);(H,3,4)(H,5,6). The lowest BCUT2D eigenvalue weighted by Gasteiger charge is -2.29. The molecule has 0 aromatic rings. The second-order valence-electron chi connectivity index (χ2n) is 5.31. The molecule has 8 nitrogen and oxygen atoms in total. The van der Waals surface area contributed by atoms with E-state index in [0.29, 0.717) is 0 Å². The minimum Gasteiger partial charge on any atom is -0.473 e. The minimum atomic E-state index is -1.82. The Bertz CT molecular complexity index is 343. The van der Waals surface area contributed by atoms with Crippen molar-refractivity contribution in [2.45, 2.75) is 57.2 Å². The molecule has 8 heteroatoms. The molecule has 0 unspecified atom stereocenters. The average Bonchev–Trinajstić information content (AvgIpc) is 2.31. The number of aliphatic carboxylic acids is 2. The first-order valence-electron chi connectivity index (χ1n) is 6.28. The van der Waals surface area contributed by atoms with Gasteiger partial charge in [-0.2, -0.15) is 0 Å². The molecule has 1 amide bonds. The van der Waals surface area contributed by atoms with E-state index in [9.17, 15) is 9.90 Å². The first-order valence-corrected chi connectivity index (χ1v) is 6.28. The first kappa shape index (κ1) is 18.3. The smallest absolute Gasteiger partial charge is 0.414 e. The molecule has 0 atom stereocenters. The number of hydrogen-bond donors (Lipinski definition) is 5. The molecule has 0 radical (unpaired) electrons. The van der Waals surface area contributed by atoms with Crippen molar-refractivity contribution in [2.75, 3.05) is 0 Å². The molecule has 0 heterocycles. The fourth-order valence-corrected chi connectivity index (χ4v) is 1.59. The Morgan fingerprint density at radius 3 is 1.75 bits per heavy atom. The summed E-state index contributed by atoms with van der Waals surface area (Å²) in [7, 11) is 0. The highest BCUT2D eigenvalue weighted by atomic mass is 16.4. The maximum absolute atomic E-state index is 11.5. The summed E-state index contributed by atoms with van der Waals surface area (Å²) in [5, 5.41) is 27.0. The van der Waals surface area contributed by atoms with Gasteiger partial charge in [-0.3, -0.25) is 4.79 Å². The number of aliphatic hydroxyl groups excluding tert-OH is 1. The van der Waals surface area contributed by atoms with Gasteiger partial charge in [0.2, 0.25) is 5.91 Å². The number of carbonyl (C=O) groups excluding carboxylic acids is 1. The summed E-state index contributed by atoms with van der Waals surface area (Å²) in [6.07, 6.45) is 3.06. The van der Waals surface area contributed by atoms with E-state index in [2.05, 4.69) is 5.32 Å². The highest BCUT2D eigenvalue weighted by Crippen LogP contribution is 2.18. The number of carboxylic acids is 2. The van der Waals surface area contributed by atoms with Gasteiger partial charge in [0, 0.05) is 6.04 Å². The number of nitrogens with two attached hydrogens (primary N) is 1. The van der Waals surface area contributed by atoms with Crippen LogP contribution in [0.15, 0.2) is 0 Å². The fraction of sp³-hybridized carbons (Fsp3) is 0.750. The second-order valence-corrected chi connectivity index (χ2v) is 5.31. The van der Waals surface area contributed by atoms with Crippen LogP contribution in [0.4, 0.5) is 0 Å². The Hall–Kier alpha value is -1.67. The molecular formula is C12H22N2O6. The zero-order valence-corrected chi connectivity index (χ0v) is 11.6. The number of carbonyl (C=O) groups is 3. The summed E-state index contributed by atoms with van der Waals surface area (Å²) in [4.78, 5) is 29.7. The first-order chi connectivity index (χ1) is 9.04. The van der Waals surface area contributed by atoms with Crippen LogP contribution < -0.4 is 11.1 Å². The van der Waals surface area contributed by atoms with Crippen LogP contribution in [-0.4, -0.2) is 50.9 Å². The molecule has 116 valence electrons. The molecule has 1 aliphatic carbocycles. The minimum absolute atomic E-state index is 0.112. The quantitative estimate of drug-likeness (QED) is 0.422. The van der Waals surface area contributed by atoms with Gasteiger partial charge in [-0.15, -0.1) is 0 Å². The molecular weight excluding hydrogens is 268 g/mol. The van der Waals surface area contributed by atoms with Crippen molar-refractivity contribution in [3.05, 3.63) is 0 Å². The van der Waals surface area contributed by atoms with Crippen molar-refractivity contribution in [1.29, 1.82) is 0 Å². The van der Waals surface area contributed by atoms with Crippen molar-refractivity contribution < 1.29 is 29.7 Å². The normalized spacial score (nSPS) is 22.2. The van der Waals surface area contributed by atoms with Gasteiger partial charge in [0.05, 0.1) is 11.6 Å². The van der Waals surface area contributed by atoms with Gasteiger partial charge in [0.1, 0.15) is 0 Å². The predicted octanol–water partition coefficient (Wildman–Crippen LogP) is -0.701. The molecule has 1 rings (SSSR count). The van der Waals surface area contributed by atoms with Gasteiger partial charge >= 0.3 is 11.9 Å². The van der Waals surface area contributed by atoms with Gasteiger partial charge in [0.25, 0.3) is 0 Å². The Labute approximate surface area is 117 Å². The summed E-state index contributed by atoms with van der Waals surface area (Å²) in [6, 6.07) is 0.189. The Morgan fingerprint density at radius 2 is 1.45 bits per heavy atom. The Balaban J connectivity index is 0.000000511. The van der Waals surface area contributed by atoms with E-state index in [1.807, 2.05) is 0 Å². The van der Waals surface area contributed by atoms with Gasteiger partial charge < -0.3 is 26.4 Å². The molecule has 0 spiro atoms. The third-order valence-electron chi connectivity index (χ3n) is 2.80. The zero-order valence-electron chi connectivity index (χ0n) is 11.6.